The van der Waals surface area contributed by atoms with E-state index in [4.69, 9.17) is 0 Å². The fraction of sp³-hybridized carbons (Fsp3) is 0.278. The second kappa shape index (κ2) is 7.14. The molecule has 6 nitrogen and oxygen atoms in total. The molecule has 0 aliphatic carbocycles. The van der Waals surface area contributed by atoms with Crippen molar-refractivity contribution in [1.82, 2.24) is 9.62 Å². The van der Waals surface area contributed by atoms with Crippen LogP contribution in [0.3, 0.4) is 0 Å². The van der Waals surface area contributed by atoms with Gasteiger partial charge in [-0.15, -0.1) is 0 Å². The van der Waals surface area contributed by atoms with Gasteiger partial charge in [-0.3, -0.25) is 4.79 Å². The Morgan fingerprint density at radius 2 is 2.00 bits per heavy atom. The molecule has 138 valence electrons. The highest BCUT2D eigenvalue weighted by Gasteiger charge is 2.20. The van der Waals surface area contributed by atoms with Crippen LogP contribution >= 0.6 is 0 Å². The van der Waals surface area contributed by atoms with E-state index in [0.717, 1.165) is 9.87 Å². The fourth-order valence-corrected chi connectivity index (χ4v) is 3.78. The second-order valence-electron chi connectivity index (χ2n) is 6.26. The number of carbonyl (C=O) groups excluding carboxylic acids is 1. The smallest absolute Gasteiger partial charge is 0.255 e. The van der Waals surface area contributed by atoms with Gasteiger partial charge in [0.2, 0.25) is 10.0 Å². The monoisotopic (exact) mass is 377 g/mol. The van der Waals surface area contributed by atoms with Crippen molar-refractivity contribution in [3.63, 3.8) is 0 Å². The summed E-state index contributed by atoms with van der Waals surface area (Å²) in [4.78, 5) is 12.5. The summed E-state index contributed by atoms with van der Waals surface area (Å²) in [6, 6.07) is 8.99. The summed E-state index contributed by atoms with van der Waals surface area (Å²) in [6.07, 6.45) is 0.557. The first kappa shape index (κ1) is 18.5. The minimum atomic E-state index is -3.65. The zero-order chi connectivity index (χ0) is 18.9. The molecule has 2 aromatic rings. The highest BCUT2D eigenvalue weighted by Crippen LogP contribution is 2.25. The van der Waals surface area contributed by atoms with Crippen LogP contribution in [0, 0.1) is 5.82 Å². The topological polar surface area (TPSA) is 78.5 Å². The minimum Gasteiger partial charge on any atom is -0.319 e. The summed E-state index contributed by atoms with van der Waals surface area (Å²) < 4.78 is 40.1. The van der Waals surface area contributed by atoms with Gasteiger partial charge in [0.1, 0.15) is 5.82 Å². The van der Waals surface area contributed by atoms with Crippen LogP contribution in [0.1, 0.15) is 21.5 Å². The van der Waals surface area contributed by atoms with E-state index in [1.165, 1.54) is 44.4 Å². The normalized spacial score (nSPS) is 14.2. The van der Waals surface area contributed by atoms with Crippen molar-refractivity contribution >= 4 is 21.6 Å². The van der Waals surface area contributed by atoms with Crippen molar-refractivity contribution in [2.75, 3.05) is 26.0 Å². The van der Waals surface area contributed by atoms with E-state index in [1.807, 2.05) is 0 Å². The second-order valence-corrected chi connectivity index (χ2v) is 8.41. The van der Waals surface area contributed by atoms with Crippen LogP contribution in [0.4, 0.5) is 10.1 Å². The van der Waals surface area contributed by atoms with Crippen molar-refractivity contribution in [2.24, 2.45) is 0 Å². The third-order valence-corrected chi connectivity index (χ3v) is 6.14. The van der Waals surface area contributed by atoms with Gasteiger partial charge in [-0.25, -0.2) is 17.1 Å². The first-order valence-electron chi connectivity index (χ1n) is 8.15. The first-order valence-corrected chi connectivity index (χ1v) is 9.59. The van der Waals surface area contributed by atoms with Gasteiger partial charge >= 0.3 is 0 Å². The van der Waals surface area contributed by atoms with E-state index >= 15 is 0 Å². The molecule has 0 aromatic heterocycles. The Kier molecular flexibility index (Phi) is 5.08. The maximum atomic E-state index is 14.7. The Morgan fingerprint density at radius 3 is 2.73 bits per heavy atom. The third kappa shape index (κ3) is 3.48. The molecular weight excluding hydrogens is 357 g/mol. The van der Waals surface area contributed by atoms with Crippen LogP contribution in [-0.4, -0.2) is 39.3 Å². The molecule has 1 amide bonds. The number of rotatable bonds is 4. The summed E-state index contributed by atoms with van der Waals surface area (Å²) in [7, 11) is -0.822. The van der Waals surface area contributed by atoms with Gasteiger partial charge in [-0.2, -0.15) is 0 Å². The third-order valence-electron chi connectivity index (χ3n) is 4.33. The molecule has 1 aliphatic heterocycles. The average Bonchev–Trinajstić information content (AvgIpc) is 2.64. The molecule has 3 rings (SSSR count). The quantitative estimate of drug-likeness (QED) is 0.854. The average molecular weight is 377 g/mol. The number of hydrogen-bond donors (Lipinski definition) is 2. The minimum absolute atomic E-state index is 0.00661. The molecule has 1 aliphatic rings. The lowest BCUT2D eigenvalue weighted by molar-refractivity contribution is 0.102. The molecule has 2 N–H and O–H groups in total. The van der Waals surface area contributed by atoms with Crippen molar-refractivity contribution in [3.05, 3.63) is 58.9 Å². The summed E-state index contributed by atoms with van der Waals surface area (Å²) in [5.41, 5.74) is 1.72. The van der Waals surface area contributed by atoms with E-state index in [0.29, 0.717) is 25.1 Å². The summed E-state index contributed by atoms with van der Waals surface area (Å²) in [6.45, 7) is 1.29. The van der Waals surface area contributed by atoms with Gasteiger partial charge in [0.25, 0.3) is 5.91 Å². The number of amides is 1. The molecule has 0 unspecified atom stereocenters. The number of nitrogens with one attached hydrogen (secondary N) is 2. The number of halogens is 1. The molecule has 8 heteroatoms. The van der Waals surface area contributed by atoms with Crippen molar-refractivity contribution < 1.29 is 17.6 Å². The maximum Gasteiger partial charge on any atom is 0.255 e. The van der Waals surface area contributed by atoms with Gasteiger partial charge in [0.05, 0.1) is 10.6 Å². The predicted molar refractivity (Wildman–Crippen MR) is 97.1 cm³/mol. The zero-order valence-electron chi connectivity index (χ0n) is 14.5. The van der Waals surface area contributed by atoms with E-state index in [2.05, 4.69) is 10.6 Å². The Labute approximate surface area is 152 Å². The molecule has 26 heavy (non-hydrogen) atoms. The standard InChI is InChI=1S/C18H20FN3O3S/c1-22(2)26(24,25)14-5-3-4-12(10-14)18(23)21-16-7-6-13-11-20-9-8-15(13)17(16)19/h3-7,10,20H,8-9,11H2,1-2H3,(H,21,23). The van der Waals surface area contributed by atoms with Gasteiger partial charge in [-0.1, -0.05) is 12.1 Å². The number of anilines is 1. The maximum absolute atomic E-state index is 14.7. The van der Waals surface area contributed by atoms with E-state index in [9.17, 15) is 17.6 Å². The van der Waals surface area contributed by atoms with Crippen LogP contribution < -0.4 is 10.6 Å². The number of hydrogen-bond acceptors (Lipinski definition) is 4. The Balaban J connectivity index is 1.88. The highest BCUT2D eigenvalue weighted by atomic mass is 32.2. The number of sulfonamides is 1. The number of benzene rings is 2. The summed E-state index contributed by atoms with van der Waals surface area (Å²) in [5.74, 6) is -0.997. The SMILES string of the molecule is CN(C)S(=O)(=O)c1cccc(C(=O)Nc2ccc3c(c2F)CCNC3)c1. The largest absolute Gasteiger partial charge is 0.319 e. The van der Waals surface area contributed by atoms with Crippen LogP contribution in [0.2, 0.25) is 0 Å². The van der Waals surface area contributed by atoms with Crippen molar-refractivity contribution in [2.45, 2.75) is 17.9 Å². The number of fused-ring (bicyclic) bond motifs is 1. The van der Waals surface area contributed by atoms with Gasteiger partial charge in [0.15, 0.2) is 0 Å². The van der Waals surface area contributed by atoms with Crippen LogP contribution in [0.25, 0.3) is 0 Å². The predicted octanol–water partition coefficient (Wildman–Crippen LogP) is 1.97. The summed E-state index contributed by atoms with van der Waals surface area (Å²) >= 11 is 0. The molecule has 0 atom stereocenters. The van der Waals surface area contributed by atoms with E-state index in [-0.39, 0.29) is 16.1 Å². The molecule has 0 saturated heterocycles. The van der Waals surface area contributed by atoms with Gasteiger partial charge in [-0.05, 0) is 48.4 Å². The molecule has 0 radical (unpaired) electrons. The first-order chi connectivity index (χ1) is 12.3. The molecular formula is C18H20FN3O3S. The lowest BCUT2D eigenvalue weighted by Gasteiger charge is -2.19. The summed E-state index contributed by atoms with van der Waals surface area (Å²) in [5, 5.41) is 5.71. The lowest BCUT2D eigenvalue weighted by Crippen LogP contribution is -2.25. The number of nitrogens with zero attached hydrogens (tertiary/aromatic N) is 1. The van der Waals surface area contributed by atoms with Crippen LogP contribution in [0.15, 0.2) is 41.3 Å². The zero-order valence-corrected chi connectivity index (χ0v) is 15.4. The lowest BCUT2D eigenvalue weighted by atomic mass is 9.99. The molecule has 0 saturated carbocycles. The van der Waals surface area contributed by atoms with Crippen molar-refractivity contribution in [3.8, 4) is 0 Å². The Morgan fingerprint density at radius 1 is 1.23 bits per heavy atom. The Hall–Kier alpha value is -2.29. The van der Waals surface area contributed by atoms with Crippen LogP contribution in [0.5, 0.6) is 0 Å². The van der Waals surface area contributed by atoms with Crippen molar-refractivity contribution in [1.29, 1.82) is 0 Å². The van der Waals surface area contributed by atoms with Gasteiger partial charge in [0, 0.05) is 26.2 Å². The molecule has 0 bridgehead atoms. The molecule has 2 aromatic carbocycles. The molecule has 1 heterocycles. The van der Waals surface area contributed by atoms with Gasteiger partial charge < -0.3 is 10.6 Å². The van der Waals surface area contributed by atoms with Crippen LogP contribution in [-0.2, 0) is 23.0 Å². The Bertz CT molecular complexity index is 958. The molecule has 0 spiro atoms. The van der Waals surface area contributed by atoms with E-state index < -0.39 is 21.7 Å². The molecule has 0 fully saturated rings. The fourth-order valence-electron chi connectivity index (χ4n) is 2.83. The number of carbonyl (C=O) groups is 1. The highest BCUT2D eigenvalue weighted by molar-refractivity contribution is 7.89. The van der Waals surface area contributed by atoms with E-state index in [1.54, 1.807) is 6.07 Å².